The van der Waals surface area contributed by atoms with Crippen molar-refractivity contribution in [1.82, 2.24) is 20.0 Å². The molecule has 0 radical (unpaired) electrons. The molecule has 0 bridgehead atoms. The Balaban J connectivity index is 1.94. The molecule has 1 aromatic heterocycles. The second-order valence-corrected chi connectivity index (χ2v) is 4.82. The topological polar surface area (TPSA) is 78.2 Å². The molecule has 0 aromatic carbocycles. The predicted octanol–water partition coefficient (Wildman–Crippen LogP) is -0.177. The van der Waals surface area contributed by atoms with E-state index in [9.17, 15) is 4.79 Å². The van der Waals surface area contributed by atoms with Gasteiger partial charge in [-0.3, -0.25) is 14.8 Å². The first-order valence-corrected chi connectivity index (χ1v) is 6.37. The van der Waals surface area contributed by atoms with Crippen LogP contribution < -0.4 is 5.73 Å². The Bertz CT molecular complexity index is 408. The summed E-state index contributed by atoms with van der Waals surface area (Å²) in [7, 11) is 0. The minimum Gasteiger partial charge on any atom is -0.336 e. The number of H-pyrrole nitrogens is 1. The maximum atomic E-state index is 12.3. The zero-order valence-electron chi connectivity index (χ0n) is 11.0. The first kappa shape index (κ1) is 13.0. The van der Waals surface area contributed by atoms with Gasteiger partial charge in [0.25, 0.3) is 5.91 Å². The number of aromatic amines is 1. The number of aromatic nitrogens is 2. The number of carbonyl (C=O) groups is 1. The Morgan fingerprint density at radius 1 is 1.50 bits per heavy atom. The zero-order chi connectivity index (χ0) is 13.1. The molecule has 18 heavy (non-hydrogen) atoms. The highest BCUT2D eigenvalue weighted by molar-refractivity contribution is 5.95. The van der Waals surface area contributed by atoms with Crippen LogP contribution in [0.25, 0.3) is 0 Å². The van der Waals surface area contributed by atoms with Crippen LogP contribution in [0, 0.1) is 6.92 Å². The Hall–Kier alpha value is -1.40. The Morgan fingerprint density at radius 3 is 2.67 bits per heavy atom. The van der Waals surface area contributed by atoms with Crippen LogP contribution >= 0.6 is 0 Å². The van der Waals surface area contributed by atoms with E-state index < -0.39 is 0 Å². The first-order chi connectivity index (χ1) is 8.63. The van der Waals surface area contributed by atoms with Crippen molar-refractivity contribution < 1.29 is 4.79 Å². The van der Waals surface area contributed by atoms with Gasteiger partial charge in [0.05, 0.1) is 11.8 Å². The van der Waals surface area contributed by atoms with E-state index in [2.05, 4.69) is 22.0 Å². The van der Waals surface area contributed by atoms with Gasteiger partial charge in [-0.2, -0.15) is 5.10 Å². The summed E-state index contributed by atoms with van der Waals surface area (Å²) < 4.78 is 0. The summed E-state index contributed by atoms with van der Waals surface area (Å²) in [6.07, 6.45) is 1.60. The quantitative estimate of drug-likeness (QED) is 0.781. The van der Waals surface area contributed by atoms with Crippen LogP contribution in [0.2, 0.25) is 0 Å². The standard InChI is InChI=1S/C12H21N5O/c1-9(7-13)16-3-5-17(6-4-16)12(18)11-8-14-15-10(11)2/h8-9H,3-7,13H2,1-2H3,(H,14,15). The van der Waals surface area contributed by atoms with Crippen LogP contribution in [0.15, 0.2) is 6.20 Å². The summed E-state index contributed by atoms with van der Waals surface area (Å²) >= 11 is 0. The number of hydrogen-bond acceptors (Lipinski definition) is 4. The van der Waals surface area contributed by atoms with Gasteiger partial charge in [0.1, 0.15) is 0 Å². The van der Waals surface area contributed by atoms with E-state index >= 15 is 0 Å². The molecule has 2 rings (SSSR count). The molecule has 0 spiro atoms. The van der Waals surface area contributed by atoms with E-state index in [0.717, 1.165) is 31.9 Å². The highest BCUT2D eigenvalue weighted by Gasteiger charge is 2.25. The molecule has 0 saturated carbocycles. The maximum Gasteiger partial charge on any atom is 0.257 e. The lowest BCUT2D eigenvalue weighted by molar-refractivity contribution is 0.0588. The van der Waals surface area contributed by atoms with E-state index in [1.807, 2.05) is 11.8 Å². The van der Waals surface area contributed by atoms with Crippen LogP contribution in [-0.2, 0) is 0 Å². The molecule has 1 atom stereocenters. The average Bonchev–Trinajstić information content (AvgIpc) is 2.83. The van der Waals surface area contributed by atoms with E-state index in [4.69, 9.17) is 5.73 Å². The monoisotopic (exact) mass is 251 g/mol. The lowest BCUT2D eigenvalue weighted by Crippen LogP contribution is -2.52. The Morgan fingerprint density at radius 2 is 2.17 bits per heavy atom. The molecule has 1 saturated heterocycles. The first-order valence-electron chi connectivity index (χ1n) is 6.37. The molecule has 1 amide bonds. The largest absolute Gasteiger partial charge is 0.336 e. The predicted molar refractivity (Wildman–Crippen MR) is 69.3 cm³/mol. The number of nitrogens with zero attached hydrogens (tertiary/aromatic N) is 3. The fraction of sp³-hybridized carbons (Fsp3) is 0.667. The Labute approximate surface area is 107 Å². The zero-order valence-corrected chi connectivity index (χ0v) is 11.0. The molecule has 6 nitrogen and oxygen atoms in total. The smallest absolute Gasteiger partial charge is 0.257 e. The lowest BCUT2D eigenvalue weighted by Gasteiger charge is -2.37. The molecule has 6 heteroatoms. The minimum atomic E-state index is 0.0706. The van der Waals surface area contributed by atoms with Gasteiger partial charge in [-0.15, -0.1) is 0 Å². The van der Waals surface area contributed by atoms with Crippen molar-refractivity contribution in [2.45, 2.75) is 19.9 Å². The summed E-state index contributed by atoms with van der Waals surface area (Å²) in [6.45, 7) is 7.95. The van der Waals surface area contributed by atoms with Gasteiger partial charge in [-0.25, -0.2) is 0 Å². The number of aryl methyl sites for hydroxylation is 1. The second-order valence-electron chi connectivity index (χ2n) is 4.82. The summed E-state index contributed by atoms with van der Waals surface area (Å²) in [6, 6.07) is 0.387. The van der Waals surface area contributed by atoms with Crippen LogP contribution in [0.4, 0.5) is 0 Å². The van der Waals surface area contributed by atoms with Gasteiger partial charge in [0, 0.05) is 44.5 Å². The summed E-state index contributed by atoms with van der Waals surface area (Å²) in [4.78, 5) is 16.5. The molecule has 1 fully saturated rings. The van der Waals surface area contributed by atoms with Crippen LogP contribution in [0.3, 0.4) is 0 Å². The number of nitrogens with two attached hydrogens (primary N) is 1. The molecule has 0 aliphatic carbocycles. The normalized spacial score (nSPS) is 18.9. The number of hydrogen-bond donors (Lipinski definition) is 2. The molecule has 2 heterocycles. The van der Waals surface area contributed by atoms with Crippen molar-refractivity contribution in [3.8, 4) is 0 Å². The van der Waals surface area contributed by atoms with Crippen LogP contribution in [0.1, 0.15) is 23.0 Å². The van der Waals surface area contributed by atoms with Crippen molar-refractivity contribution in [1.29, 1.82) is 0 Å². The van der Waals surface area contributed by atoms with Gasteiger partial charge < -0.3 is 10.6 Å². The number of piperazine rings is 1. The number of rotatable bonds is 3. The molecule has 1 aliphatic rings. The SMILES string of the molecule is Cc1[nH]ncc1C(=O)N1CCN(C(C)CN)CC1. The summed E-state index contributed by atoms with van der Waals surface area (Å²) in [5, 5.41) is 6.69. The van der Waals surface area contributed by atoms with Crippen LogP contribution in [0.5, 0.6) is 0 Å². The van der Waals surface area contributed by atoms with E-state index in [1.165, 1.54) is 0 Å². The van der Waals surface area contributed by atoms with Gasteiger partial charge in [-0.1, -0.05) is 0 Å². The van der Waals surface area contributed by atoms with Crippen molar-refractivity contribution in [3.63, 3.8) is 0 Å². The third-order valence-electron chi connectivity index (χ3n) is 3.63. The van der Waals surface area contributed by atoms with Crippen molar-refractivity contribution in [2.75, 3.05) is 32.7 Å². The van der Waals surface area contributed by atoms with Gasteiger partial charge in [-0.05, 0) is 13.8 Å². The highest BCUT2D eigenvalue weighted by Crippen LogP contribution is 2.11. The van der Waals surface area contributed by atoms with E-state index in [-0.39, 0.29) is 5.91 Å². The van der Waals surface area contributed by atoms with E-state index in [1.54, 1.807) is 6.20 Å². The molecule has 1 aromatic rings. The molecular formula is C12H21N5O. The van der Waals surface area contributed by atoms with Crippen molar-refractivity contribution in [2.24, 2.45) is 5.73 Å². The van der Waals surface area contributed by atoms with Crippen molar-refractivity contribution in [3.05, 3.63) is 17.5 Å². The fourth-order valence-electron chi connectivity index (χ4n) is 2.25. The fourth-order valence-corrected chi connectivity index (χ4v) is 2.25. The van der Waals surface area contributed by atoms with Crippen molar-refractivity contribution >= 4 is 5.91 Å². The third kappa shape index (κ3) is 2.54. The molecule has 1 unspecified atom stereocenters. The summed E-state index contributed by atoms with van der Waals surface area (Å²) in [5.41, 5.74) is 7.17. The second kappa shape index (κ2) is 5.49. The Kier molecular flexibility index (Phi) is 3.98. The van der Waals surface area contributed by atoms with Crippen LogP contribution in [-0.4, -0.2) is 64.7 Å². The van der Waals surface area contributed by atoms with Gasteiger partial charge in [0.15, 0.2) is 0 Å². The highest BCUT2D eigenvalue weighted by atomic mass is 16.2. The molecule has 100 valence electrons. The van der Waals surface area contributed by atoms with Gasteiger partial charge in [0.2, 0.25) is 0 Å². The number of carbonyl (C=O) groups excluding carboxylic acids is 1. The van der Waals surface area contributed by atoms with Gasteiger partial charge >= 0.3 is 0 Å². The molecular weight excluding hydrogens is 230 g/mol. The summed E-state index contributed by atoms with van der Waals surface area (Å²) in [5.74, 6) is 0.0706. The third-order valence-corrected chi connectivity index (χ3v) is 3.63. The molecule has 1 aliphatic heterocycles. The number of nitrogens with one attached hydrogen (secondary N) is 1. The van der Waals surface area contributed by atoms with E-state index in [0.29, 0.717) is 18.2 Å². The maximum absolute atomic E-state index is 12.3. The average molecular weight is 251 g/mol. The molecule has 3 N–H and O–H groups in total. The lowest BCUT2D eigenvalue weighted by atomic mass is 10.2. The number of amides is 1. The minimum absolute atomic E-state index is 0.0706.